The number of carbonyl (C=O) groups excluding carboxylic acids is 1. The van der Waals surface area contributed by atoms with Crippen molar-refractivity contribution in [1.29, 1.82) is 0 Å². The van der Waals surface area contributed by atoms with Crippen LogP contribution in [0.3, 0.4) is 0 Å². The van der Waals surface area contributed by atoms with Crippen LogP contribution in [0.15, 0.2) is 24.3 Å². The van der Waals surface area contributed by atoms with E-state index in [0.717, 1.165) is 25.3 Å². The molecule has 1 heterocycles. The molecule has 1 N–H and O–H groups in total. The molecule has 0 amide bonds. The Morgan fingerprint density at radius 2 is 2.29 bits per heavy atom. The van der Waals surface area contributed by atoms with E-state index in [0.29, 0.717) is 13.2 Å². The van der Waals surface area contributed by atoms with Crippen molar-refractivity contribution in [2.45, 2.75) is 13.5 Å². The van der Waals surface area contributed by atoms with E-state index in [1.807, 2.05) is 19.1 Å². The first-order valence-electron chi connectivity index (χ1n) is 6.00. The number of hydrogen-bond acceptors (Lipinski definition) is 4. The van der Waals surface area contributed by atoms with Crippen molar-refractivity contribution < 1.29 is 9.53 Å². The predicted molar refractivity (Wildman–Crippen MR) is 67.0 cm³/mol. The zero-order valence-electron chi connectivity index (χ0n) is 10.1. The Labute approximate surface area is 102 Å². The molecule has 0 atom stereocenters. The third-order valence-electron chi connectivity index (χ3n) is 2.83. The van der Waals surface area contributed by atoms with Crippen molar-refractivity contribution in [3.05, 3.63) is 29.8 Å². The second-order valence-corrected chi connectivity index (χ2v) is 4.03. The van der Waals surface area contributed by atoms with E-state index in [1.165, 1.54) is 5.56 Å². The summed E-state index contributed by atoms with van der Waals surface area (Å²) in [4.78, 5) is 13.6. The summed E-state index contributed by atoms with van der Waals surface area (Å²) in [5.41, 5.74) is 2.36. The highest BCUT2D eigenvalue weighted by molar-refractivity contribution is 5.76. The molecule has 0 spiro atoms. The maximum Gasteiger partial charge on any atom is 0.325 e. The molecule has 4 nitrogen and oxygen atoms in total. The van der Waals surface area contributed by atoms with Gasteiger partial charge in [0.15, 0.2) is 0 Å². The molecule has 92 valence electrons. The van der Waals surface area contributed by atoms with Gasteiger partial charge in [-0.3, -0.25) is 4.79 Å². The van der Waals surface area contributed by atoms with Crippen molar-refractivity contribution >= 4 is 11.7 Å². The lowest BCUT2D eigenvalue weighted by Gasteiger charge is -2.23. The number of ether oxygens (including phenoxy) is 1. The molecular formula is C13H18N2O2. The molecule has 1 aliphatic rings. The number of carbonyl (C=O) groups is 1. The van der Waals surface area contributed by atoms with E-state index in [4.69, 9.17) is 4.74 Å². The molecule has 0 aromatic heterocycles. The summed E-state index contributed by atoms with van der Waals surface area (Å²) in [5, 5.41) is 3.34. The van der Waals surface area contributed by atoms with Gasteiger partial charge >= 0.3 is 5.97 Å². The summed E-state index contributed by atoms with van der Waals surface area (Å²) >= 11 is 0. The maximum atomic E-state index is 11.5. The van der Waals surface area contributed by atoms with Gasteiger partial charge in [0.2, 0.25) is 0 Å². The van der Waals surface area contributed by atoms with Gasteiger partial charge in [0.25, 0.3) is 0 Å². The lowest BCUT2D eigenvalue weighted by molar-refractivity contribution is -0.141. The number of esters is 1. The van der Waals surface area contributed by atoms with Crippen LogP contribution in [-0.4, -0.2) is 32.2 Å². The van der Waals surface area contributed by atoms with Crippen LogP contribution in [0.4, 0.5) is 5.69 Å². The van der Waals surface area contributed by atoms with Gasteiger partial charge in [-0.15, -0.1) is 0 Å². The van der Waals surface area contributed by atoms with E-state index in [-0.39, 0.29) is 5.97 Å². The molecule has 2 rings (SSSR count). The second-order valence-electron chi connectivity index (χ2n) is 4.03. The summed E-state index contributed by atoms with van der Waals surface area (Å²) < 4.78 is 5.00. The molecule has 1 aromatic rings. The lowest BCUT2D eigenvalue weighted by Crippen LogP contribution is -2.34. The SMILES string of the molecule is CCOC(=O)CN1CCNCc2ccccc21. The van der Waals surface area contributed by atoms with Crippen molar-refractivity contribution in [2.24, 2.45) is 0 Å². The van der Waals surface area contributed by atoms with Crippen LogP contribution < -0.4 is 10.2 Å². The molecule has 0 saturated carbocycles. The topological polar surface area (TPSA) is 41.6 Å². The Bertz CT molecular complexity index is 393. The standard InChI is InChI=1S/C13H18N2O2/c1-2-17-13(16)10-15-8-7-14-9-11-5-3-4-6-12(11)15/h3-6,14H,2,7-10H2,1H3. The summed E-state index contributed by atoms with van der Waals surface area (Å²) in [6.45, 7) is 5.16. The number of nitrogens with zero attached hydrogens (tertiary/aromatic N) is 1. The molecule has 17 heavy (non-hydrogen) atoms. The van der Waals surface area contributed by atoms with Gasteiger partial charge < -0.3 is 15.0 Å². The predicted octanol–water partition coefficient (Wildman–Crippen LogP) is 1.16. The van der Waals surface area contributed by atoms with Crippen molar-refractivity contribution in [1.82, 2.24) is 5.32 Å². The minimum absolute atomic E-state index is 0.163. The number of nitrogens with one attached hydrogen (secondary N) is 1. The normalized spacial score (nSPS) is 15.0. The highest BCUT2D eigenvalue weighted by atomic mass is 16.5. The lowest BCUT2D eigenvalue weighted by atomic mass is 10.1. The van der Waals surface area contributed by atoms with Gasteiger partial charge in [0, 0.05) is 25.3 Å². The fourth-order valence-corrected chi connectivity index (χ4v) is 2.05. The Morgan fingerprint density at radius 3 is 3.12 bits per heavy atom. The molecule has 4 heteroatoms. The molecular weight excluding hydrogens is 216 g/mol. The summed E-state index contributed by atoms with van der Waals surface area (Å²) in [6.07, 6.45) is 0. The second kappa shape index (κ2) is 5.68. The Hall–Kier alpha value is -1.55. The van der Waals surface area contributed by atoms with E-state index >= 15 is 0 Å². The van der Waals surface area contributed by atoms with E-state index in [9.17, 15) is 4.79 Å². The number of benzene rings is 1. The van der Waals surface area contributed by atoms with Crippen LogP contribution >= 0.6 is 0 Å². The Morgan fingerprint density at radius 1 is 1.47 bits per heavy atom. The third kappa shape index (κ3) is 2.97. The van der Waals surface area contributed by atoms with Crippen molar-refractivity contribution in [3.8, 4) is 0 Å². The van der Waals surface area contributed by atoms with E-state index in [2.05, 4.69) is 22.3 Å². The van der Waals surface area contributed by atoms with Gasteiger partial charge in [-0.1, -0.05) is 18.2 Å². The van der Waals surface area contributed by atoms with Crippen LogP contribution in [0.1, 0.15) is 12.5 Å². The van der Waals surface area contributed by atoms with Crippen LogP contribution in [0, 0.1) is 0 Å². The number of para-hydroxylation sites is 1. The number of hydrogen-bond donors (Lipinski definition) is 1. The molecule has 0 aliphatic carbocycles. The highest BCUT2D eigenvalue weighted by Crippen LogP contribution is 2.21. The summed E-state index contributed by atoms with van der Waals surface area (Å²) in [5.74, 6) is -0.163. The Kier molecular flexibility index (Phi) is 3.98. The number of fused-ring (bicyclic) bond motifs is 1. The fraction of sp³-hybridized carbons (Fsp3) is 0.462. The molecule has 1 aromatic carbocycles. The number of anilines is 1. The zero-order chi connectivity index (χ0) is 12.1. The minimum Gasteiger partial charge on any atom is -0.465 e. The Balaban J connectivity index is 2.14. The van der Waals surface area contributed by atoms with Crippen LogP contribution in [-0.2, 0) is 16.1 Å². The largest absolute Gasteiger partial charge is 0.465 e. The van der Waals surface area contributed by atoms with Crippen molar-refractivity contribution in [3.63, 3.8) is 0 Å². The summed E-state index contributed by atoms with van der Waals surface area (Å²) in [6, 6.07) is 8.17. The highest BCUT2D eigenvalue weighted by Gasteiger charge is 2.17. The molecule has 0 radical (unpaired) electrons. The van der Waals surface area contributed by atoms with Gasteiger partial charge in [-0.2, -0.15) is 0 Å². The number of rotatable bonds is 3. The van der Waals surface area contributed by atoms with Crippen LogP contribution in [0.25, 0.3) is 0 Å². The first kappa shape index (κ1) is 11.9. The van der Waals surface area contributed by atoms with Gasteiger partial charge in [-0.25, -0.2) is 0 Å². The molecule has 1 aliphatic heterocycles. The smallest absolute Gasteiger partial charge is 0.325 e. The zero-order valence-corrected chi connectivity index (χ0v) is 10.1. The first-order valence-corrected chi connectivity index (χ1v) is 6.00. The van der Waals surface area contributed by atoms with Gasteiger partial charge in [-0.05, 0) is 18.6 Å². The average Bonchev–Trinajstić information content (AvgIpc) is 2.53. The maximum absolute atomic E-state index is 11.5. The van der Waals surface area contributed by atoms with Crippen molar-refractivity contribution in [2.75, 3.05) is 31.1 Å². The monoisotopic (exact) mass is 234 g/mol. The molecule has 0 bridgehead atoms. The molecule has 0 unspecified atom stereocenters. The fourth-order valence-electron chi connectivity index (χ4n) is 2.05. The van der Waals surface area contributed by atoms with Gasteiger partial charge in [0.05, 0.1) is 6.61 Å². The van der Waals surface area contributed by atoms with E-state index < -0.39 is 0 Å². The minimum atomic E-state index is -0.163. The quantitative estimate of drug-likeness (QED) is 0.797. The van der Waals surface area contributed by atoms with Crippen LogP contribution in [0.5, 0.6) is 0 Å². The first-order chi connectivity index (χ1) is 8.31. The van der Waals surface area contributed by atoms with E-state index in [1.54, 1.807) is 0 Å². The van der Waals surface area contributed by atoms with Gasteiger partial charge in [0.1, 0.15) is 6.54 Å². The third-order valence-corrected chi connectivity index (χ3v) is 2.83. The molecule has 0 fully saturated rings. The molecule has 0 saturated heterocycles. The summed E-state index contributed by atoms with van der Waals surface area (Å²) in [7, 11) is 0. The average molecular weight is 234 g/mol. The van der Waals surface area contributed by atoms with Crippen LogP contribution in [0.2, 0.25) is 0 Å².